The number of nitrogens with one attached hydrogen (secondary N) is 1. The Bertz CT molecular complexity index is 923. The molecule has 0 aliphatic rings. The summed E-state index contributed by atoms with van der Waals surface area (Å²) in [7, 11) is 0. The highest BCUT2D eigenvalue weighted by Gasteiger charge is 2.10. The molecule has 24 heavy (non-hydrogen) atoms. The van der Waals surface area contributed by atoms with Crippen LogP contribution in [0, 0.1) is 0 Å². The van der Waals surface area contributed by atoms with Crippen molar-refractivity contribution >= 4 is 27.5 Å². The van der Waals surface area contributed by atoms with Crippen molar-refractivity contribution in [1.29, 1.82) is 0 Å². The van der Waals surface area contributed by atoms with Crippen molar-refractivity contribution in [3.05, 3.63) is 92.8 Å². The molecule has 0 spiro atoms. The number of rotatable bonds is 4. The van der Waals surface area contributed by atoms with Crippen molar-refractivity contribution in [3.63, 3.8) is 0 Å². The number of carbonyl (C=O) groups is 1. The lowest BCUT2D eigenvalue weighted by Gasteiger charge is -2.08. The molecule has 3 rings (SSSR count). The average molecular weight is 384 g/mol. The number of carbonyl (C=O) groups excluding carboxylic acids is 1. The van der Waals surface area contributed by atoms with Crippen LogP contribution in [-0.4, -0.2) is 15.7 Å². The number of anilines is 1. The Labute approximate surface area is 147 Å². The summed E-state index contributed by atoms with van der Waals surface area (Å²) in [6, 6.07) is 19.5. The van der Waals surface area contributed by atoms with Crippen LogP contribution in [0.3, 0.4) is 0 Å². The van der Waals surface area contributed by atoms with Gasteiger partial charge in [-0.25, -0.2) is 4.68 Å². The molecule has 6 heteroatoms. The van der Waals surface area contributed by atoms with Crippen LogP contribution in [0.1, 0.15) is 16.1 Å². The molecule has 3 aromatic rings. The third kappa shape index (κ3) is 3.97. The van der Waals surface area contributed by atoms with E-state index in [4.69, 9.17) is 0 Å². The van der Waals surface area contributed by atoms with Crippen LogP contribution in [0.25, 0.3) is 0 Å². The summed E-state index contributed by atoms with van der Waals surface area (Å²) in [5.74, 6) is -0.366. The number of benzene rings is 2. The Balaban J connectivity index is 1.82. The molecule has 0 aliphatic carbocycles. The van der Waals surface area contributed by atoms with Crippen LogP contribution in [-0.2, 0) is 6.54 Å². The first-order chi connectivity index (χ1) is 11.6. The summed E-state index contributed by atoms with van der Waals surface area (Å²) in [4.78, 5) is 24.3. The molecule has 0 aliphatic heterocycles. The lowest BCUT2D eigenvalue weighted by atomic mass is 10.2. The molecule has 0 saturated heterocycles. The zero-order valence-electron chi connectivity index (χ0n) is 12.6. The van der Waals surface area contributed by atoms with E-state index in [0.29, 0.717) is 12.2 Å². The van der Waals surface area contributed by atoms with Gasteiger partial charge in [-0.2, -0.15) is 5.10 Å². The van der Waals surface area contributed by atoms with Crippen molar-refractivity contribution in [3.8, 4) is 0 Å². The normalized spacial score (nSPS) is 10.4. The maximum atomic E-state index is 12.3. The molecule has 120 valence electrons. The fraction of sp³-hybridized carbons (Fsp3) is 0.0556. The lowest BCUT2D eigenvalue weighted by Crippen LogP contribution is -2.26. The standard InChI is InChI=1S/C18H14BrN3O2/c19-14-7-4-8-15(11-14)20-18(24)16-9-10-17(23)22(21-16)12-13-5-2-1-3-6-13/h1-11H,12H2,(H,20,24). The molecule has 0 atom stereocenters. The van der Waals surface area contributed by atoms with Gasteiger partial charge in [-0.05, 0) is 29.8 Å². The van der Waals surface area contributed by atoms with Crippen LogP contribution in [0.2, 0.25) is 0 Å². The van der Waals surface area contributed by atoms with Gasteiger partial charge >= 0.3 is 0 Å². The maximum absolute atomic E-state index is 12.3. The molecule has 1 aromatic heterocycles. The van der Waals surface area contributed by atoms with Crippen LogP contribution >= 0.6 is 15.9 Å². The second kappa shape index (κ2) is 7.23. The lowest BCUT2D eigenvalue weighted by molar-refractivity contribution is 0.102. The van der Waals surface area contributed by atoms with Gasteiger partial charge in [-0.3, -0.25) is 9.59 Å². The number of amides is 1. The minimum Gasteiger partial charge on any atom is -0.321 e. The van der Waals surface area contributed by atoms with Gasteiger partial charge in [0.05, 0.1) is 6.54 Å². The molecule has 5 nitrogen and oxygen atoms in total. The fourth-order valence-corrected chi connectivity index (χ4v) is 2.60. The van der Waals surface area contributed by atoms with E-state index in [1.165, 1.54) is 16.8 Å². The van der Waals surface area contributed by atoms with E-state index >= 15 is 0 Å². The van der Waals surface area contributed by atoms with Crippen molar-refractivity contribution < 1.29 is 4.79 Å². The minimum atomic E-state index is -0.366. The average Bonchev–Trinajstić information content (AvgIpc) is 2.58. The first kappa shape index (κ1) is 16.1. The molecule has 1 N–H and O–H groups in total. The Kier molecular flexibility index (Phi) is 4.86. The van der Waals surface area contributed by atoms with E-state index < -0.39 is 0 Å². The van der Waals surface area contributed by atoms with Crippen LogP contribution < -0.4 is 10.9 Å². The molecular formula is C18H14BrN3O2. The first-order valence-electron chi connectivity index (χ1n) is 7.31. The number of nitrogens with zero attached hydrogens (tertiary/aromatic N) is 2. The zero-order chi connectivity index (χ0) is 16.9. The summed E-state index contributed by atoms with van der Waals surface area (Å²) in [6.07, 6.45) is 0. The van der Waals surface area contributed by atoms with Gasteiger partial charge in [0.2, 0.25) is 0 Å². The predicted molar refractivity (Wildman–Crippen MR) is 96.1 cm³/mol. The topological polar surface area (TPSA) is 64.0 Å². The van der Waals surface area contributed by atoms with Gasteiger partial charge in [0.1, 0.15) is 5.69 Å². The zero-order valence-corrected chi connectivity index (χ0v) is 14.2. The van der Waals surface area contributed by atoms with Gasteiger partial charge in [-0.1, -0.05) is 52.3 Å². The van der Waals surface area contributed by atoms with Gasteiger partial charge < -0.3 is 5.32 Å². The van der Waals surface area contributed by atoms with E-state index in [-0.39, 0.29) is 17.2 Å². The second-order valence-corrected chi connectivity index (χ2v) is 6.08. The quantitative estimate of drug-likeness (QED) is 0.751. The molecule has 1 heterocycles. The van der Waals surface area contributed by atoms with Crippen LogP contribution in [0.5, 0.6) is 0 Å². The molecule has 2 aromatic carbocycles. The molecule has 0 bridgehead atoms. The van der Waals surface area contributed by atoms with Crippen molar-refractivity contribution in [1.82, 2.24) is 9.78 Å². The smallest absolute Gasteiger partial charge is 0.276 e. The Hall–Kier alpha value is -2.73. The van der Waals surface area contributed by atoms with Crippen molar-refractivity contribution in [2.24, 2.45) is 0 Å². The number of hydrogen-bond donors (Lipinski definition) is 1. The third-order valence-corrected chi connectivity index (χ3v) is 3.85. The first-order valence-corrected chi connectivity index (χ1v) is 8.10. The third-order valence-electron chi connectivity index (χ3n) is 3.36. The van der Waals surface area contributed by atoms with Crippen molar-refractivity contribution in [2.75, 3.05) is 5.32 Å². The Morgan fingerprint density at radius 3 is 2.58 bits per heavy atom. The maximum Gasteiger partial charge on any atom is 0.276 e. The van der Waals surface area contributed by atoms with Gasteiger partial charge in [0.15, 0.2) is 0 Å². The second-order valence-electron chi connectivity index (χ2n) is 5.16. The molecule has 0 saturated carbocycles. The highest BCUT2D eigenvalue weighted by Crippen LogP contribution is 2.16. The van der Waals surface area contributed by atoms with E-state index in [1.807, 2.05) is 42.5 Å². The summed E-state index contributed by atoms with van der Waals surface area (Å²) in [5, 5.41) is 6.93. The van der Waals surface area contributed by atoms with E-state index in [0.717, 1.165) is 10.0 Å². The minimum absolute atomic E-state index is 0.186. The van der Waals surface area contributed by atoms with Crippen LogP contribution in [0.15, 0.2) is 76.0 Å². The van der Waals surface area contributed by atoms with E-state index in [1.54, 1.807) is 12.1 Å². The monoisotopic (exact) mass is 383 g/mol. The number of halogens is 1. The summed E-state index contributed by atoms with van der Waals surface area (Å²) in [5.41, 5.74) is 1.52. The Morgan fingerprint density at radius 2 is 1.83 bits per heavy atom. The van der Waals surface area contributed by atoms with Crippen LogP contribution in [0.4, 0.5) is 5.69 Å². The molecule has 0 fully saturated rings. The van der Waals surface area contributed by atoms with Gasteiger partial charge in [-0.15, -0.1) is 0 Å². The van der Waals surface area contributed by atoms with Gasteiger partial charge in [0, 0.05) is 16.2 Å². The summed E-state index contributed by atoms with van der Waals surface area (Å²) >= 11 is 3.35. The van der Waals surface area contributed by atoms with Crippen molar-refractivity contribution in [2.45, 2.75) is 6.54 Å². The largest absolute Gasteiger partial charge is 0.321 e. The molecule has 1 amide bonds. The molecular weight excluding hydrogens is 370 g/mol. The predicted octanol–water partition coefficient (Wildman–Crippen LogP) is 3.31. The fourth-order valence-electron chi connectivity index (χ4n) is 2.20. The summed E-state index contributed by atoms with van der Waals surface area (Å²) in [6.45, 7) is 0.317. The SMILES string of the molecule is O=C(Nc1cccc(Br)c1)c1ccc(=O)n(Cc2ccccc2)n1. The number of aromatic nitrogens is 2. The summed E-state index contributed by atoms with van der Waals surface area (Å²) < 4.78 is 2.15. The highest BCUT2D eigenvalue weighted by atomic mass is 79.9. The Morgan fingerprint density at radius 1 is 1.04 bits per heavy atom. The molecule has 0 unspecified atom stereocenters. The van der Waals surface area contributed by atoms with E-state index in [2.05, 4.69) is 26.3 Å². The molecule has 0 radical (unpaired) electrons. The van der Waals surface area contributed by atoms with E-state index in [9.17, 15) is 9.59 Å². The number of hydrogen-bond acceptors (Lipinski definition) is 3. The van der Waals surface area contributed by atoms with Gasteiger partial charge in [0.25, 0.3) is 11.5 Å². The highest BCUT2D eigenvalue weighted by molar-refractivity contribution is 9.10.